The van der Waals surface area contributed by atoms with Gasteiger partial charge in [0.2, 0.25) is 41.4 Å². The molecular weight excluding hydrogens is 1200 g/mol. The third-order valence-corrected chi connectivity index (χ3v) is 17.1. The number of likely N-dealkylation sites (tertiary alicyclic amines) is 1. The molecule has 2 aromatic carbocycles. The van der Waals surface area contributed by atoms with Crippen molar-refractivity contribution in [3.8, 4) is 0 Å². The van der Waals surface area contributed by atoms with Crippen LogP contribution in [0.2, 0.25) is 0 Å². The van der Waals surface area contributed by atoms with E-state index in [2.05, 4.69) is 31.9 Å². The first-order chi connectivity index (χ1) is 43.9. The number of hydrogen-bond donors (Lipinski definition) is 8. The molecule has 9 N–H and O–H groups in total. The van der Waals surface area contributed by atoms with Gasteiger partial charge >= 0.3 is 18.1 Å². The number of urea groups is 1. The van der Waals surface area contributed by atoms with E-state index in [1.807, 2.05) is 39.0 Å². The van der Waals surface area contributed by atoms with Gasteiger partial charge in [0, 0.05) is 77.6 Å². The standard InChI is InChI=1S/C66H101N11O16/c1-14-41(8)58(49(91-13)36-53(81)76-34-20-23-47(76)35-42(9)60(84)69-43(10)59(83)45-21-16-15-17-22-45)74(11)64(88)56(39(4)5)73-63(87)57(40(6)7)75(12)66(90)92-37-44-27-29-46(30-28-44)70-61(85)48(24-19-33-68-65(67)89)71-62(86)55(38(2)3)72-50(78)25-18-26-54(82)93-77-51(79)31-32-52(77)80/h15-17,21-22,27-30,38-43,47-49,55-59,83H,14,18-20,23-26,31-37H2,1-13H3,(H,69,84)(H,70,85)(H,71,86)(H,72,78)(H,73,87)(H3,67,68,89)/t41-,42+,43+,47-,48-,49+,55-,56-,57-,58-,59+/m0/s1. The number of primary amides is 1. The average molecular weight is 1300 g/mol. The molecule has 27 nitrogen and oxygen atoms in total. The number of ether oxygens (including phenoxy) is 2. The zero-order valence-electron chi connectivity index (χ0n) is 56.3. The smallest absolute Gasteiger partial charge is 0.410 e. The Labute approximate surface area is 546 Å². The molecule has 0 bridgehead atoms. The maximum Gasteiger partial charge on any atom is 0.410 e. The van der Waals surface area contributed by atoms with Gasteiger partial charge < -0.3 is 66.9 Å². The first-order valence-corrected chi connectivity index (χ1v) is 32.3. The molecule has 0 aromatic heterocycles. The predicted octanol–water partition coefficient (Wildman–Crippen LogP) is 4.74. The number of hydrogen-bond acceptors (Lipinski definition) is 16. The molecule has 516 valence electrons. The molecule has 0 saturated carbocycles. The highest BCUT2D eigenvalue weighted by molar-refractivity contribution is 6.02. The highest BCUT2D eigenvalue weighted by atomic mass is 16.7. The van der Waals surface area contributed by atoms with Gasteiger partial charge in [0.15, 0.2) is 0 Å². The molecule has 2 saturated heterocycles. The molecule has 0 unspecified atom stereocenters. The maximum atomic E-state index is 14.7. The van der Waals surface area contributed by atoms with Gasteiger partial charge in [0.1, 0.15) is 30.8 Å². The molecule has 11 atom stereocenters. The SMILES string of the molecule is CC[C@H](C)[C@@H]([C@@H](CC(=O)N1CCC[C@H]1C[C@@H](C)C(=O)N[C@H](C)[C@@H](O)c1ccccc1)OC)N(C)C(=O)[C@@H](NC(=O)[C@H](C(C)C)N(C)C(=O)OCc1ccc(NC(=O)[C@H](CCCNC(N)=O)NC(=O)[C@@H](NC(=O)CCCC(=O)ON2C(=O)CCC2=O)C(C)C)cc1)C(C)C. The second-order valence-electron chi connectivity index (χ2n) is 25.4. The Morgan fingerprint density at radius 3 is 1.95 bits per heavy atom. The van der Waals surface area contributed by atoms with E-state index in [0.717, 1.165) is 11.3 Å². The molecule has 2 fully saturated rings. The zero-order chi connectivity index (χ0) is 69.4. The fourth-order valence-electron chi connectivity index (χ4n) is 11.5. The summed E-state index contributed by atoms with van der Waals surface area (Å²) in [6.45, 7) is 18.3. The number of carbonyl (C=O) groups is 12. The van der Waals surface area contributed by atoms with Crippen molar-refractivity contribution in [2.45, 2.75) is 207 Å². The van der Waals surface area contributed by atoms with Gasteiger partial charge in [-0.15, -0.1) is 5.06 Å². The van der Waals surface area contributed by atoms with Crippen LogP contribution in [0.4, 0.5) is 15.3 Å². The maximum absolute atomic E-state index is 14.7. The lowest BCUT2D eigenvalue weighted by atomic mass is 9.89. The van der Waals surface area contributed by atoms with Crippen molar-refractivity contribution in [3.05, 3.63) is 65.7 Å². The van der Waals surface area contributed by atoms with Crippen molar-refractivity contribution in [2.75, 3.05) is 39.6 Å². The number of imide groups is 1. The second kappa shape index (κ2) is 37.5. The van der Waals surface area contributed by atoms with E-state index >= 15 is 0 Å². The molecule has 0 aliphatic carbocycles. The van der Waals surface area contributed by atoms with Gasteiger partial charge in [0.25, 0.3) is 11.8 Å². The summed E-state index contributed by atoms with van der Waals surface area (Å²) in [6, 6.07) is 8.84. The minimum Gasteiger partial charge on any atom is -0.445 e. The van der Waals surface area contributed by atoms with Gasteiger partial charge in [-0.25, -0.2) is 14.4 Å². The van der Waals surface area contributed by atoms with Crippen molar-refractivity contribution in [3.63, 3.8) is 0 Å². The lowest BCUT2D eigenvalue weighted by molar-refractivity contribution is -0.197. The van der Waals surface area contributed by atoms with E-state index < -0.39 is 132 Å². The molecule has 2 aliphatic rings. The predicted molar refractivity (Wildman–Crippen MR) is 344 cm³/mol. The van der Waals surface area contributed by atoms with Crippen LogP contribution in [0.5, 0.6) is 0 Å². The van der Waals surface area contributed by atoms with Crippen LogP contribution in [0.1, 0.15) is 164 Å². The van der Waals surface area contributed by atoms with Gasteiger partial charge in [-0.2, -0.15) is 0 Å². The first kappa shape index (κ1) is 77.2. The van der Waals surface area contributed by atoms with Crippen LogP contribution < -0.4 is 37.6 Å². The molecule has 0 spiro atoms. The molecule has 4 rings (SSSR count). The van der Waals surface area contributed by atoms with Crippen LogP contribution in [0.3, 0.4) is 0 Å². The molecule has 2 aromatic rings. The molecule has 93 heavy (non-hydrogen) atoms. The molecule has 27 heteroatoms. The van der Waals surface area contributed by atoms with Crippen LogP contribution in [-0.2, 0) is 68.9 Å². The van der Waals surface area contributed by atoms with Crippen LogP contribution in [-0.4, -0.2) is 179 Å². The van der Waals surface area contributed by atoms with Crippen molar-refractivity contribution < 1.29 is 77.0 Å². The highest BCUT2D eigenvalue weighted by Crippen LogP contribution is 2.29. The number of hydroxylamine groups is 2. The number of nitrogens with two attached hydrogens (primary N) is 1. The highest BCUT2D eigenvalue weighted by Gasteiger charge is 2.42. The summed E-state index contributed by atoms with van der Waals surface area (Å²) in [4.78, 5) is 168. The number of rotatable bonds is 36. The van der Waals surface area contributed by atoms with E-state index in [1.165, 1.54) is 14.2 Å². The summed E-state index contributed by atoms with van der Waals surface area (Å²) >= 11 is 0. The number of amides is 12. The number of carbonyl (C=O) groups excluding carboxylic acids is 12. The molecule has 0 radical (unpaired) electrons. The Balaban J connectivity index is 1.36. The fraction of sp³-hybridized carbons (Fsp3) is 0.636. The Kier molecular flexibility index (Phi) is 31.1. The summed E-state index contributed by atoms with van der Waals surface area (Å²) in [5.74, 6) is -7.40. The Bertz CT molecular complexity index is 2860. The quantitative estimate of drug-likeness (QED) is 0.0337. The number of methoxy groups -OCH3 is 1. The minimum atomic E-state index is -1.17. The Hall–Kier alpha value is -8.20. The zero-order valence-corrected chi connectivity index (χ0v) is 56.3. The summed E-state index contributed by atoms with van der Waals surface area (Å²) in [6.07, 6.45) is -0.388. The topological polar surface area (TPSA) is 364 Å². The third kappa shape index (κ3) is 23.4. The molecule has 2 aliphatic heterocycles. The van der Waals surface area contributed by atoms with Crippen LogP contribution in [0, 0.1) is 29.6 Å². The number of aliphatic hydroxyl groups excluding tert-OH is 1. The third-order valence-electron chi connectivity index (χ3n) is 17.1. The first-order valence-electron chi connectivity index (χ1n) is 32.3. The largest absolute Gasteiger partial charge is 0.445 e. The fourth-order valence-corrected chi connectivity index (χ4v) is 11.5. The van der Waals surface area contributed by atoms with E-state index in [-0.39, 0.29) is 88.3 Å². The van der Waals surface area contributed by atoms with Crippen molar-refractivity contribution in [1.82, 2.24) is 46.3 Å². The number of benzene rings is 2. The van der Waals surface area contributed by atoms with Gasteiger partial charge in [-0.05, 0) is 92.4 Å². The second-order valence-corrected chi connectivity index (χ2v) is 25.4. The number of anilines is 1. The lowest BCUT2D eigenvalue weighted by Crippen LogP contribution is -2.60. The van der Waals surface area contributed by atoms with Gasteiger partial charge in [-0.3, -0.25) is 48.1 Å². The average Bonchev–Trinajstić information content (AvgIpc) is 1.37. The summed E-state index contributed by atoms with van der Waals surface area (Å²) < 4.78 is 11.7. The molecule has 12 amide bonds. The minimum absolute atomic E-state index is 0.0203. The normalized spacial score (nSPS) is 17.2. The van der Waals surface area contributed by atoms with Crippen molar-refractivity contribution in [1.29, 1.82) is 0 Å². The number of nitrogens with zero attached hydrogens (tertiary/aromatic N) is 4. The van der Waals surface area contributed by atoms with Gasteiger partial charge in [-0.1, -0.05) is 111 Å². The van der Waals surface area contributed by atoms with E-state index in [9.17, 15) is 62.6 Å². The summed E-state index contributed by atoms with van der Waals surface area (Å²) in [5, 5.41) is 27.7. The van der Waals surface area contributed by atoms with Gasteiger partial charge in [0.05, 0.1) is 30.7 Å². The van der Waals surface area contributed by atoms with E-state index in [4.69, 9.17) is 20.0 Å². The summed E-state index contributed by atoms with van der Waals surface area (Å²) in [7, 11) is 4.57. The molecule has 2 heterocycles. The monoisotopic (exact) mass is 1300 g/mol. The van der Waals surface area contributed by atoms with Crippen LogP contribution in [0.15, 0.2) is 54.6 Å². The van der Waals surface area contributed by atoms with Crippen LogP contribution >= 0.6 is 0 Å². The van der Waals surface area contributed by atoms with Crippen LogP contribution in [0.25, 0.3) is 0 Å². The lowest BCUT2D eigenvalue weighted by Gasteiger charge is -2.40. The molecular formula is C66H101N11O16. The van der Waals surface area contributed by atoms with E-state index in [0.29, 0.717) is 47.7 Å². The number of likely N-dealkylation sites (N-methyl/N-ethyl adjacent to an activating group) is 2. The summed E-state index contributed by atoms with van der Waals surface area (Å²) in [5.41, 5.74) is 6.73. The Morgan fingerprint density at radius 2 is 1.37 bits per heavy atom. The van der Waals surface area contributed by atoms with Crippen molar-refractivity contribution in [2.24, 2.45) is 35.3 Å². The van der Waals surface area contributed by atoms with Crippen molar-refractivity contribution >= 4 is 76.9 Å². The van der Waals surface area contributed by atoms with E-state index in [1.54, 1.807) is 102 Å². The Morgan fingerprint density at radius 1 is 0.731 bits per heavy atom. The number of nitrogens with one attached hydrogen (secondary N) is 6. The number of aliphatic hydroxyl groups is 1.